The number of carbonyl (C=O) groups is 1. The summed E-state index contributed by atoms with van der Waals surface area (Å²) in [5, 5.41) is 12.6. The molecule has 1 N–H and O–H groups in total. The molecule has 0 aromatic carbocycles. The lowest BCUT2D eigenvalue weighted by Gasteiger charge is -2.36. The van der Waals surface area contributed by atoms with Crippen molar-refractivity contribution in [3.8, 4) is 6.07 Å². The number of nitriles is 1. The quantitative estimate of drug-likeness (QED) is 0.790. The maximum Gasteiger partial charge on any atom is 0.234 e. The fourth-order valence-electron chi connectivity index (χ4n) is 3.40. The second-order valence-electron chi connectivity index (χ2n) is 6.78. The van der Waals surface area contributed by atoms with E-state index in [1.807, 2.05) is 0 Å². The van der Waals surface area contributed by atoms with Gasteiger partial charge < -0.3 is 10.2 Å². The third kappa shape index (κ3) is 5.33. The maximum atomic E-state index is 12.2. The lowest BCUT2D eigenvalue weighted by molar-refractivity contribution is -0.123. The van der Waals surface area contributed by atoms with E-state index in [0.717, 1.165) is 44.8 Å². The summed E-state index contributed by atoms with van der Waals surface area (Å²) in [5.41, 5.74) is 0.471. The fourth-order valence-corrected chi connectivity index (χ4v) is 3.69. The van der Waals surface area contributed by atoms with Crippen molar-refractivity contribution in [2.24, 2.45) is 5.92 Å². The van der Waals surface area contributed by atoms with Crippen LogP contribution in [0.25, 0.3) is 0 Å². The van der Waals surface area contributed by atoms with E-state index in [2.05, 4.69) is 46.9 Å². The SMILES string of the molecule is CCN(CC)CC(=O)N[C@H](C)C1CCN(c2ncc(C#N)cc2Cl)CC1. The van der Waals surface area contributed by atoms with Crippen LogP contribution in [0.2, 0.25) is 5.02 Å². The van der Waals surface area contributed by atoms with Crippen LogP contribution in [0.1, 0.15) is 39.2 Å². The Kier molecular flexibility index (Phi) is 7.67. The Labute approximate surface area is 161 Å². The van der Waals surface area contributed by atoms with Gasteiger partial charge in [-0.05, 0) is 44.8 Å². The average Bonchev–Trinajstić information content (AvgIpc) is 2.66. The van der Waals surface area contributed by atoms with Gasteiger partial charge in [-0.25, -0.2) is 4.98 Å². The van der Waals surface area contributed by atoms with Crippen LogP contribution >= 0.6 is 11.6 Å². The van der Waals surface area contributed by atoms with E-state index in [1.54, 1.807) is 12.3 Å². The first-order valence-electron chi connectivity index (χ1n) is 9.30. The number of rotatable bonds is 7. The highest BCUT2D eigenvalue weighted by Gasteiger charge is 2.26. The molecule has 0 spiro atoms. The molecule has 1 aliphatic rings. The van der Waals surface area contributed by atoms with Crippen molar-refractivity contribution in [2.45, 2.75) is 39.7 Å². The third-order valence-corrected chi connectivity index (χ3v) is 5.43. The molecule has 1 aromatic heterocycles. The molecule has 1 atom stereocenters. The van der Waals surface area contributed by atoms with Gasteiger partial charge in [0.25, 0.3) is 0 Å². The molecule has 2 heterocycles. The summed E-state index contributed by atoms with van der Waals surface area (Å²) in [7, 11) is 0. The first-order chi connectivity index (χ1) is 12.5. The highest BCUT2D eigenvalue weighted by Crippen LogP contribution is 2.29. The number of amides is 1. The molecule has 1 amide bonds. The Morgan fingerprint density at radius 3 is 2.65 bits per heavy atom. The molecule has 0 radical (unpaired) electrons. The van der Waals surface area contributed by atoms with Crippen LogP contribution in [0.3, 0.4) is 0 Å². The molecular formula is C19H28ClN5O. The molecule has 26 heavy (non-hydrogen) atoms. The van der Waals surface area contributed by atoms with Crippen LogP contribution in [0.5, 0.6) is 0 Å². The predicted molar refractivity (Wildman–Crippen MR) is 104 cm³/mol. The zero-order chi connectivity index (χ0) is 19.1. The van der Waals surface area contributed by atoms with Crippen molar-refractivity contribution in [1.29, 1.82) is 5.26 Å². The Morgan fingerprint density at radius 2 is 2.12 bits per heavy atom. The fraction of sp³-hybridized carbons (Fsp3) is 0.632. The van der Waals surface area contributed by atoms with Crippen LogP contribution < -0.4 is 10.2 Å². The van der Waals surface area contributed by atoms with E-state index in [9.17, 15) is 4.79 Å². The molecule has 0 aliphatic carbocycles. The summed E-state index contributed by atoms with van der Waals surface area (Å²) in [6.45, 7) is 10.1. The minimum absolute atomic E-state index is 0.0976. The van der Waals surface area contributed by atoms with E-state index in [4.69, 9.17) is 16.9 Å². The van der Waals surface area contributed by atoms with Crippen molar-refractivity contribution >= 4 is 23.3 Å². The number of likely N-dealkylation sites (N-methyl/N-ethyl adjacent to an activating group) is 1. The first-order valence-corrected chi connectivity index (χ1v) is 9.68. The van der Waals surface area contributed by atoms with E-state index >= 15 is 0 Å². The number of anilines is 1. The molecule has 2 rings (SSSR count). The van der Waals surface area contributed by atoms with Gasteiger partial charge in [-0.2, -0.15) is 5.26 Å². The molecule has 0 bridgehead atoms. The largest absolute Gasteiger partial charge is 0.355 e. The van der Waals surface area contributed by atoms with Crippen LogP contribution in [-0.4, -0.2) is 54.6 Å². The monoisotopic (exact) mass is 377 g/mol. The van der Waals surface area contributed by atoms with E-state index in [0.29, 0.717) is 23.0 Å². The van der Waals surface area contributed by atoms with E-state index in [-0.39, 0.29) is 11.9 Å². The van der Waals surface area contributed by atoms with Gasteiger partial charge in [0.05, 0.1) is 17.1 Å². The lowest BCUT2D eigenvalue weighted by atomic mass is 9.90. The van der Waals surface area contributed by atoms with Crippen molar-refractivity contribution in [3.05, 3.63) is 22.8 Å². The third-order valence-electron chi connectivity index (χ3n) is 5.15. The summed E-state index contributed by atoms with van der Waals surface area (Å²) in [5.74, 6) is 1.28. The molecule has 0 saturated carbocycles. The van der Waals surface area contributed by atoms with Gasteiger partial charge in [-0.1, -0.05) is 25.4 Å². The number of carbonyl (C=O) groups excluding carboxylic acids is 1. The summed E-state index contributed by atoms with van der Waals surface area (Å²) in [6, 6.07) is 3.87. The number of halogens is 1. The first kappa shape index (κ1) is 20.5. The van der Waals surface area contributed by atoms with Gasteiger partial charge in [0.1, 0.15) is 11.9 Å². The van der Waals surface area contributed by atoms with Crippen LogP contribution in [0.15, 0.2) is 12.3 Å². The van der Waals surface area contributed by atoms with Crippen LogP contribution in [0, 0.1) is 17.2 Å². The van der Waals surface area contributed by atoms with Crippen LogP contribution in [-0.2, 0) is 4.79 Å². The van der Waals surface area contributed by atoms with Gasteiger partial charge in [-0.3, -0.25) is 9.69 Å². The molecule has 1 aromatic rings. The van der Waals surface area contributed by atoms with Crippen LogP contribution in [0.4, 0.5) is 5.82 Å². The zero-order valence-electron chi connectivity index (χ0n) is 15.8. The van der Waals surface area contributed by atoms with Gasteiger partial charge in [-0.15, -0.1) is 0 Å². The summed E-state index contributed by atoms with van der Waals surface area (Å²) < 4.78 is 0. The maximum absolute atomic E-state index is 12.2. The molecule has 7 heteroatoms. The number of aromatic nitrogens is 1. The highest BCUT2D eigenvalue weighted by molar-refractivity contribution is 6.33. The summed E-state index contributed by atoms with van der Waals surface area (Å²) >= 11 is 6.27. The number of hydrogen-bond acceptors (Lipinski definition) is 5. The minimum atomic E-state index is 0.0976. The Balaban J connectivity index is 1.86. The topological polar surface area (TPSA) is 72.3 Å². The second-order valence-corrected chi connectivity index (χ2v) is 7.19. The molecule has 1 aliphatic heterocycles. The van der Waals surface area contributed by atoms with Crippen molar-refractivity contribution in [1.82, 2.24) is 15.2 Å². The highest BCUT2D eigenvalue weighted by atomic mass is 35.5. The Morgan fingerprint density at radius 1 is 1.46 bits per heavy atom. The normalized spacial score (nSPS) is 16.4. The summed E-state index contributed by atoms with van der Waals surface area (Å²) in [6.07, 6.45) is 3.51. The lowest BCUT2D eigenvalue weighted by Crippen LogP contribution is -2.47. The number of piperidine rings is 1. The Bertz CT molecular complexity index is 648. The van der Waals surface area contributed by atoms with Crippen molar-refractivity contribution in [2.75, 3.05) is 37.6 Å². The van der Waals surface area contributed by atoms with Gasteiger partial charge in [0.15, 0.2) is 0 Å². The number of hydrogen-bond donors (Lipinski definition) is 1. The number of nitrogens with zero attached hydrogens (tertiary/aromatic N) is 4. The average molecular weight is 378 g/mol. The van der Waals surface area contributed by atoms with Crippen molar-refractivity contribution < 1.29 is 4.79 Å². The minimum Gasteiger partial charge on any atom is -0.355 e. The molecule has 1 fully saturated rings. The standard InChI is InChI=1S/C19H28ClN5O/c1-4-24(5-2)13-18(26)23-14(3)16-6-8-25(9-7-16)19-17(20)10-15(11-21)12-22-19/h10,12,14,16H,4-9,13H2,1-3H3,(H,23,26)/t14-/m1/s1. The van der Waals surface area contributed by atoms with Gasteiger partial charge in [0, 0.05) is 25.3 Å². The van der Waals surface area contributed by atoms with Gasteiger partial charge in [0.2, 0.25) is 5.91 Å². The molecular weight excluding hydrogens is 350 g/mol. The smallest absolute Gasteiger partial charge is 0.234 e. The zero-order valence-corrected chi connectivity index (χ0v) is 16.6. The molecule has 6 nitrogen and oxygen atoms in total. The second kappa shape index (κ2) is 9.75. The molecule has 1 saturated heterocycles. The van der Waals surface area contributed by atoms with Gasteiger partial charge >= 0.3 is 0 Å². The summed E-state index contributed by atoms with van der Waals surface area (Å²) in [4.78, 5) is 20.8. The van der Waals surface area contributed by atoms with Crippen molar-refractivity contribution in [3.63, 3.8) is 0 Å². The molecule has 0 unspecified atom stereocenters. The number of pyridine rings is 1. The number of nitrogens with one attached hydrogen (secondary N) is 1. The predicted octanol–water partition coefficient (Wildman–Crippen LogP) is 2.67. The van der Waals surface area contributed by atoms with E-state index < -0.39 is 0 Å². The molecule has 142 valence electrons. The van der Waals surface area contributed by atoms with E-state index in [1.165, 1.54) is 0 Å². The Hall–Kier alpha value is -1.84.